The zero-order valence-electron chi connectivity index (χ0n) is 9.78. The number of nitrogens with two attached hydrogens (primary N) is 1. The summed E-state index contributed by atoms with van der Waals surface area (Å²) in [5.74, 6) is 0. The number of piperazine rings is 1. The number of hydrogen-bond donors (Lipinski definition) is 1. The summed E-state index contributed by atoms with van der Waals surface area (Å²) in [7, 11) is 2.17. The Labute approximate surface area is 105 Å². The van der Waals surface area contributed by atoms with E-state index in [0.29, 0.717) is 6.04 Å². The van der Waals surface area contributed by atoms with Crippen molar-refractivity contribution in [1.29, 1.82) is 0 Å². The van der Waals surface area contributed by atoms with Crippen molar-refractivity contribution in [3.8, 4) is 0 Å². The van der Waals surface area contributed by atoms with Gasteiger partial charge in [0.1, 0.15) is 0 Å². The first kappa shape index (κ1) is 11.7. The minimum absolute atomic E-state index is 0.580. The predicted octanol–water partition coefficient (Wildman–Crippen LogP) is 2.17. The Balaban J connectivity index is 2.18. The van der Waals surface area contributed by atoms with E-state index in [9.17, 15) is 0 Å². The third kappa shape index (κ3) is 2.33. The van der Waals surface area contributed by atoms with Gasteiger partial charge in [-0.05, 0) is 32.2 Å². The van der Waals surface area contributed by atoms with E-state index in [2.05, 4.69) is 51.8 Å². The summed E-state index contributed by atoms with van der Waals surface area (Å²) < 4.78 is 1.04. The molecular formula is C12H18BrN3. The Bertz CT molecular complexity index is 381. The molecule has 0 amide bonds. The number of rotatable bonds is 1. The first-order valence-corrected chi connectivity index (χ1v) is 6.37. The van der Waals surface area contributed by atoms with E-state index in [0.717, 1.165) is 35.5 Å². The van der Waals surface area contributed by atoms with Crippen molar-refractivity contribution in [2.45, 2.75) is 13.0 Å². The summed E-state index contributed by atoms with van der Waals surface area (Å²) >= 11 is 3.43. The highest BCUT2D eigenvalue weighted by Crippen LogP contribution is 2.28. The number of benzene rings is 1. The van der Waals surface area contributed by atoms with Gasteiger partial charge in [0.2, 0.25) is 0 Å². The molecule has 0 aliphatic carbocycles. The second-order valence-electron chi connectivity index (χ2n) is 4.48. The minimum Gasteiger partial charge on any atom is -0.397 e. The Morgan fingerprint density at radius 1 is 1.38 bits per heavy atom. The zero-order chi connectivity index (χ0) is 11.7. The Morgan fingerprint density at radius 3 is 2.75 bits per heavy atom. The van der Waals surface area contributed by atoms with Crippen LogP contribution in [-0.4, -0.2) is 37.6 Å². The van der Waals surface area contributed by atoms with Gasteiger partial charge in [0.05, 0.1) is 11.4 Å². The molecule has 1 aliphatic rings. The van der Waals surface area contributed by atoms with E-state index in [1.807, 2.05) is 6.07 Å². The van der Waals surface area contributed by atoms with Gasteiger partial charge >= 0.3 is 0 Å². The van der Waals surface area contributed by atoms with E-state index < -0.39 is 0 Å². The highest BCUT2D eigenvalue weighted by molar-refractivity contribution is 9.10. The monoisotopic (exact) mass is 283 g/mol. The van der Waals surface area contributed by atoms with Crippen LogP contribution in [0.4, 0.5) is 11.4 Å². The van der Waals surface area contributed by atoms with Crippen LogP contribution in [-0.2, 0) is 0 Å². The van der Waals surface area contributed by atoms with Crippen molar-refractivity contribution < 1.29 is 0 Å². The SMILES string of the molecule is C[C@H]1CN(c2ccc(Br)cc2N)CCN1C. The average Bonchev–Trinajstić information content (AvgIpc) is 2.22. The van der Waals surface area contributed by atoms with Gasteiger partial charge in [0.15, 0.2) is 0 Å². The molecule has 1 fully saturated rings. The fourth-order valence-corrected chi connectivity index (χ4v) is 2.46. The molecule has 88 valence electrons. The molecule has 0 radical (unpaired) electrons. The van der Waals surface area contributed by atoms with Crippen LogP contribution in [0.15, 0.2) is 22.7 Å². The molecule has 4 heteroatoms. The lowest BCUT2D eigenvalue weighted by Gasteiger charge is -2.39. The summed E-state index contributed by atoms with van der Waals surface area (Å²) in [6.45, 7) is 5.44. The predicted molar refractivity (Wildman–Crippen MR) is 72.9 cm³/mol. The van der Waals surface area contributed by atoms with Gasteiger partial charge in [-0.1, -0.05) is 15.9 Å². The van der Waals surface area contributed by atoms with Crippen LogP contribution in [0.1, 0.15) is 6.92 Å². The van der Waals surface area contributed by atoms with Crippen LogP contribution in [0.5, 0.6) is 0 Å². The van der Waals surface area contributed by atoms with Crippen molar-refractivity contribution in [3.05, 3.63) is 22.7 Å². The molecule has 1 aliphatic heterocycles. The van der Waals surface area contributed by atoms with Crippen molar-refractivity contribution in [2.24, 2.45) is 0 Å². The Hall–Kier alpha value is -0.740. The molecule has 0 spiro atoms. The molecule has 1 saturated heterocycles. The topological polar surface area (TPSA) is 32.5 Å². The molecular weight excluding hydrogens is 266 g/mol. The highest BCUT2D eigenvalue weighted by Gasteiger charge is 2.21. The fourth-order valence-electron chi connectivity index (χ4n) is 2.08. The molecule has 1 aromatic rings. The minimum atomic E-state index is 0.580. The van der Waals surface area contributed by atoms with Gasteiger partial charge in [-0.25, -0.2) is 0 Å². The maximum absolute atomic E-state index is 6.05. The summed E-state index contributed by atoms with van der Waals surface area (Å²) in [6.07, 6.45) is 0. The molecule has 2 N–H and O–H groups in total. The standard InChI is InChI=1S/C12H18BrN3/c1-9-8-16(6-5-15(9)2)12-4-3-10(13)7-11(12)14/h3-4,7,9H,5-6,8,14H2,1-2H3/t9-/m0/s1. The molecule has 0 aromatic heterocycles. The number of nitrogens with zero attached hydrogens (tertiary/aromatic N) is 2. The van der Waals surface area contributed by atoms with E-state index in [4.69, 9.17) is 5.73 Å². The number of likely N-dealkylation sites (N-methyl/N-ethyl adjacent to an activating group) is 1. The molecule has 3 nitrogen and oxygen atoms in total. The van der Waals surface area contributed by atoms with E-state index in [1.165, 1.54) is 0 Å². The Morgan fingerprint density at radius 2 is 2.12 bits per heavy atom. The lowest BCUT2D eigenvalue weighted by atomic mass is 10.1. The first-order chi connectivity index (χ1) is 7.58. The van der Waals surface area contributed by atoms with E-state index in [-0.39, 0.29) is 0 Å². The summed E-state index contributed by atoms with van der Waals surface area (Å²) in [4.78, 5) is 4.75. The summed E-state index contributed by atoms with van der Waals surface area (Å²) in [6, 6.07) is 6.70. The lowest BCUT2D eigenvalue weighted by Crippen LogP contribution is -2.50. The summed E-state index contributed by atoms with van der Waals surface area (Å²) in [5.41, 5.74) is 8.06. The lowest BCUT2D eigenvalue weighted by molar-refractivity contribution is 0.234. The average molecular weight is 284 g/mol. The normalized spacial score (nSPS) is 22.4. The molecule has 1 aromatic carbocycles. The van der Waals surface area contributed by atoms with Gasteiger partial charge in [-0.3, -0.25) is 0 Å². The maximum Gasteiger partial charge on any atom is 0.0601 e. The quantitative estimate of drug-likeness (QED) is 0.802. The van der Waals surface area contributed by atoms with Gasteiger partial charge in [0, 0.05) is 30.1 Å². The maximum atomic E-state index is 6.05. The molecule has 16 heavy (non-hydrogen) atoms. The van der Waals surface area contributed by atoms with Crippen molar-refractivity contribution in [2.75, 3.05) is 37.3 Å². The molecule has 1 heterocycles. The van der Waals surface area contributed by atoms with Gasteiger partial charge < -0.3 is 15.5 Å². The first-order valence-electron chi connectivity index (χ1n) is 5.58. The zero-order valence-corrected chi connectivity index (χ0v) is 11.4. The third-order valence-corrected chi connectivity index (χ3v) is 3.78. The number of nitrogen functional groups attached to an aromatic ring is 1. The van der Waals surface area contributed by atoms with Crippen LogP contribution in [0.25, 0.3) is 0 Å². The Kier molecular flexibility index (Phi) is 3.40. The third-order valence-electron chi connectivity index (χ3n) is 3.29. The van der Waals surface area contributed by atoms with Gasteiger partial charge in [-0.2, -0.15) is 0 Å². The van der Waals surface area contributed by atoms with Gasteiger partial charge in [0.25, 0.3) is 0 Å². The molecule has 0 bridgehead atoms. The molecule has 2 rings (SSSR count). The second kappa shape index (κ2) is 4.63. The van der Waals surface area contributed by atoms with E-state index >= 15 is 0 Å². The van der Waals surface area contributed by atoms with Crippen LogP contribution in [0.2, 0.25) is 0 Å². The van der Waals surface area contributed by atoms with Crippen LogP contribution >= 0.6 is 15.9 Å². The molecule has 1 atom stereocenters. The van der Waals surface area contributed by atoms with E-state index in [1.54, 1.807) is 0 Å². The number of hydrogen-bond acceptors (Lipinski definition) is 3. The van der Waals surface area contributed by atoms with Gasteiger partial charge in [-0.15, -0.1) is 0 Å². The smallest absolute Gasteiger partial charge is 0.0601 e. The van der Waals surface area contributed by atoms with Crippen molar-refractivity contribution >= 4 is 27.3 Å². The highest BCUT2D eigenvalue weighted by atomic mass is 79.9. The fraction of sp³-hybridized carbons (Fsp3) is 0.500. The largest absolute Gasteiger partial charge is 0.397 e. The number of halogens is 1. The second-order valence-corrected chi connectivity index (χ2v) is 5.39. The van der Waals surface area contributed by atoms with Crippen LogP contribution < -0.4 is 10.6 Å². The van der Waals surface area contributed by atoms with Crippen LogP contribution in [0, 0.1) is 0 Å². The van der Waals surface area contributed by atoms with Crippen molar-refractivity contribution in [1.82, 2.24) is 4.90 Å². The summed E-state index contributed by atoms with van der Waals surface area (Å²) in [5, 5.41) is 0. The van der Waals surface area contributed by atoms with Crippen molar-refractivity contribution in [3.63, 3.8) is 0 Å². The molecule has 0 saturated carbocycles. The number of anilines is 2. The van der Waals surface area contributed by atoms with Crippen LogP contribution in [0.3, 0.4) is 0 Å². The molecule has 0 unspecified atom stereocenters.